The Morgan fingerprint density at radius 3 is 3.10 bits per heavy atom. The molecule has 1 aromatic heterocycles. The molecule has 5 nitrogen and oxygen atoms in total. The zero-order chi connectivity index (χ0) is 14.8. The highest BCUT2D eigenvalue weighted by Crippen LogP contribution is 2.34. The number of carbonyl (C=O) groups excluding carboxylic acids is 1. The third-order valence-electron chi connectivity index (χ3n) is 3.41. The lowest BCUT2D eigenvalue weighted by atomic mass is 10.0. The Morgan fingerprint density at radius 1 is 1.43 bits per heavy atom. The molecule has 0 bridgehead atoms. The monoisotopic (exact) mass is 304 g/mol. The highest BCUT2D eigenvalue weighted by Gasteiger charge is 2.21. The van der Waals surface area contributed by atoms with Gasteiger partial charge in [-0.1, -0.05) is 6.07 Å². The SMILES string of the molecule is COc1ccsc1C(N)c1ccc2c(c1)C(=O)NCCO2. The van der Waals surface area contributed by atoms with Gasteiger partial charge in [-0.25, -0.2) is 0 Å². The summed E-state index contributed by atoms with van der Waals surface area (Å²) >= 11 is 1.54. The van der Waals surface area contributed by atoms with Crippen molar-refractivity contribution in [1.29, 1.82) is 0 Å². The minimum Gasteiger partial charge on any atom is -0.496 e. The van der Waals surface area contributed by atoms with Gasteiger partial charge in [-0.3, -0.25) is 4.79 Å². The molecule has 6 heteroatoms. The summed E-state index contributed by atoms with van der Waals surface area (Å²) in [5, 5.41) is 4.74. The van der Waals surface area contributed by atoms with Gasteiger partial charge in [0.1, 0.15) is 18.1 Å². The Morgan fingerprint density at radius 2 is 2.29 bits per heavy atom. The van der Waals surface area contributed by atoms with Gasteiger partial charge in [0.05, 0.1) is 30.1 Å². The first-order valence-corrected chi connectivity index (χ1v) is 7.50. The number of fused-ring (bicyclic) bond motifs is 1. The standard InChI is InChI=1S/C15H16N2O3S/c1-19-12-4-7-21-14(12)13(16)9-2-3-11-10(8-9)15(18)17-5-6-20-11/h2-4,7-8,13H,5-6,16H2,1H3,(H,17,18). The van der Waals surface area contributed by atoms with E-state index >= 15 is 0 Å². The lowest BCUT2D eigenvalue weighted by Crippen LogP contribution is -2.24. The average molecular weight is 304 g/mol. The summed E-state index contributed by atoms with van der Waals surface area (Å²) in [4.78, 5) is 13.0. The number of hydrogen-bond donors (Lipinski definition) is 2. The van der Waals surface area contributed by atoms with Gasteiger partial charge >= 0.3 is 0 Å². The van der Waals surface area contributed by atoms with Crippen LogP contribution < -0.4 is 20.5 Å². The largest absolute Gasteiger partial charge is 0.496 e. The number of hydrogen-bond acceptors (Lipinski definition) is 5. The van der Waals surface area contributed by atoms with Crippen molar-refractivity contribution in [1.82, 2.24) is 5.32 Å². The molecule has 1 aromatic carbocycles. The second-order valence-corrected chi connectivity index (χ2v) is 5.64. The number of amides is 1. The number of ether oxygens (including phenoxy) is 2. The van der Waals surface area contributed by atoms with Crippen molar-refractivity contribution >= 4 is 17.2 Å². The van der Waals surface area contributed by atoms with Crippen LogP contribution in [0, 0.1) is 0 Å². The third kappa shape index (κ3) is 2.59. The summed E-state index contributed by atoms with van der Waals surface area (Å²) in [5.41, 5.74) is 7.69. The molecule has 0 saturated heterocycles. The molecular weight excluding hydrogens is 288 g/mol. The maximum absolute atomic E-state index is 12.0. The van der Waals surface area contributed by atoms with Crippen LogP contribution in [0.3, 0.4) is 0 Å². The maximum atomic E-state index is 12.0. The summed E-state index contributed by atoms with van der Waals surface area (Å²) in [5.74, 6) is 1.23. The van der Waals surface area contributed by atoms with Crippen LogP contribution in [0.1, 0.15) is 26.8 Å². The predicted molar refractivity (Wildman–Crippen MR) is 81.2 cm³/mol. The molecule has 0 aliphatic carbocycles. The van der Waals surface area contributed by atoms with Crippen LogP contribution in [0.5, 0.6) is 11.5 Å². The second-order valence-electron chi connectivity index (χ2n) is 4.69. The molecular formula is C15H16N2O3S. The van der Waals surface area contributed by atoms with E-state index < -0.39 is 0 Å². The molecule has 3 rings (SSSR count). The second kappa shape index (κ2) is 5.75. The van der Waals surface area contributed by atoms with E-state index in [9.17, 15) is 4.79 Å². The van der Waals surface area contributed by atoms with E-state index in [-0.39, 0.29) is 11.9 Å². The summed E-state index contributed by atoms with van der Waals surface area (Å²) in [6, 6.07) is 7.04. The summed E-state index contributed by atoms with van der Waals surface area (Å²) < 4.78 is 10.9. The number of benzene rings is 1. The van der Waals surface area contributed by atoms with Gasteiger partial charge in [0.15, 0.2) is 0 Å². The van der Waals surface area contributed by atoms with E-state index in [0.717, 1.165) is 16.2 Å². The van der Waals surface area contributed by atoms with Gasteiger partial charge < -0.3 is 20.5 Å². The lowest BCUT2D eigenvalue weighted by Gasteiger charge is -2.14. The molecule has 2 heterocycles. The molecule has 0 saturated carbocycles. The molecule has 0 fully saturated rings. The number of rotatable bonds is 3. The van der Waals surface area contributed by atoms with Crippen molar-refractivity contribution in [2.75, 3.05) is 20.3 Å². The molecule has 0 spiro atoms. The van der Waals surface area contributed by atoms with E-state index in [2.05, 4.69) is 5.32 Å². The Kier molecular flexibility index (Phi) is 3.81. The van der Waals surface area contributed by atoms with Gasteiger partial charge in [0.2, 0.25) is 0 Å². The number of nitrogens with two attached hydrogens (primary N) is 1. The zero-order valence-electron chi connectivity index (χ0n) is 11.6. The van der Waals surface area contributed by atoms with Gasteiger partial charge in [0, 0.05) is 0 Å². The molecule has 1 aliphatic rings. The van der Waals surface area contributed by atoms with Crippen LogP contribution in [-0.4, -0.2) is 26.2 Å². The lowest BCUT2D eigenvalue weighted by molar-refractivity contribution is 0.0957. The topological polar surface area (TPSA) is 73.6 Å². The van der Waals surface area contributed by atoms with Crippen molar-refractivity contribution in [3.63, 3.8) is 0 Å². The van der Waals surface area contributed by atoms with Gasteiger partial charge in [0.25, 0.3) is 5.91 Å². The first-order valence-electron chi connectivity index (χ1n) is 6.62. The normalized spacial score (nSPS) is 15.4. The van der Waals surface area contributed by atoms with Gasteiger partial charge in [-0.15, -0.1) is 11.3 Å². The van der Waals surface area contributed by atoms with E-state index in [4.69, 9.17) is 15.2 Å². The number of carbonyl (C=O) groups is 1. The first kappa shape index (κ1) is 13.9. The molecule has 110 valence electrons. The maximum Gasteiger partial charge on any atom is 0.255 e. The summed E-state index contributed by atoms with van der Waals surface area (Å²) in [7, 11) is 1.62. The molecule has 0 radical (unpaired) electrons. The van der Waals surface area contributed by atoms with Crippen molar-refractivity contribution in [3.8, 4) is 11.5 Å². The van der Waals surface area contributed by atoms with Crippen LogP contribution in [0.15, 0.2) is 29.6 Å². The fourth-order valence-corrected chi connectivity index (χ4v) is 3.21. The molecule has 2 aromatic rings. The van der Waals surface area contributed by atoms with E-state index in [1.807, 2.05) is 17.5 Å². The smallest absolute Gasteiger partial charge is 0.255 e. The van der Waals surface area contributed by atoms with Crippen LogP contribution in [-0.2, 0) is 0 Å². The Balaban J connectivity index is 1.98. The van der Waals surface area contributed by atoms with Crippen LogP contribution in [0.2, 0.25) is 0 Å². The summed E-state index contributed by atoms with van der Waals surface area (Å²) in [6.07, 6.45) is 0. The fraction of sp³-hybridized carbons (Fsp3) is 0.267. The van der Waals surface area contributed by atoms with Crippen LogP contribution in [0.25, 0.3) is 0 Å². The molecule has 3 N–H and O–H groups in total. The van der Waals surface area contributed by atoms with E-state index in [1.54, 1.807) is 19.2 Å². The fourth-order valence-electron chi connectivity index (χ4n) is 2.32. The molecule has 1 unspecified atom stereocenters. The Labute approximate surface area is 126 Å². The zero-order valence-corrected chi connectivity index (χ0v) is 12.4. The third-order valence-corrected chi connectivity index (χ3v) is 4.39. The highest BCUT2D eigenvalue weighted by molar-refractivity contribution is 7.10. The minimum atomic E-state index is -0.332. The minimum absolute atomic E-state index is 0.130. The Bertz CT molecular complexity index is 669. The van der Waals surface area contributed by atoms with Crippen molar-refractivity contribution in [2.24, 2.45) is 5.73 Å². The van der Waals surface area contributed by atoms with Crippen molar-refractivity contribution < 1.29 is 14.3 Å². The molecule has 1 atom stereocenters. The number of nitrogens with one attached hydrogen (secondary N) is 1. The van der Waals surface area contributed by atoms with Crippen LogP contribution in [0.4, 0.5) is 0 Å². The van der Waals surface area contributed by atoms with Crippen molar-refractivity contribution in [2.45, 2.75) is 6.04 Å². The van der Waals surface area contributed by atoms with E-state index in [1.165, 1.54) is 11.3 Å². The van der Waals surface area contributed by atoms with Crippen molar-refractivity contribution in [3.05, 3.63) is 45.6 Å². The predicted octanol–water partition coefficient (Wildman–Crippen LogP) is 1.93. The molecule has 21 heavy (non-hydrogen) atoms. The molecule has 1 amide bonds. The quantitative estimate of drug-likeness (QED) is 0.908. The highest BCUT2D eigenvalue weighted by atomic mass is 32.1. The molecule has 1 aliphatic heterocycles. The summed E-state index contributed by atoms with van der Waals surface area (Å²) in [6.45, 7) is 0.983. The van der Waals surface area contributed by atoms with Gasteiger partial charge in [-0.2, -0.15) is 0 Å². The van der Waals surface area contributed by atoms with Gasteiger partial charge in [-0.05, 0) is 29.1 Å². The number of methoxy groups -OCH3 is 1. The Hall–Kier alpha value is -2.05. The van der Waals surface area contributed by atoms with Crippen LogP contribution >= 0.6 is 11.3 Å². The van der Waals surface area contributed by atoms with E-state index in [0.29, 0.717) is 24.5 Å². The average Bonchev–Trinajstić information content (AvgIpc) is 2.91. The first-order chi connectivity index (χ1) is 10.2. The number of thiophene rings is 1.